The Morgan fingerprint density at radius 3 is 1.87 bits per heavy atom. The minimum atomic E-state index is 0.0951. The third-order valence-corrected chi connectivity index (χ3v) is 2.25. The third-order valence-electron chi connectivity index (χ3n) is 2.25. The molecule has 88 valence electrons. The fraction of sp³-hybridized carbons (Fsp3) is 0.769. The van der Waals surface area contributed by atoms with Crippen molar-refractivity contribution in [2.75, 3.05) is 0 Å². The monoisotopic (exact) mass is 210 g/mol. The predicted molar refractivity (Wildman–Crippen MR) is 67.4 cm³/mol. The first-order chi connectivity index (χ1) is 6.82. The van der Waals surface area contributed by atoms with E-state index < -0.39 is 0 Å². The Bertz CT molecular complexity index is 290. The van der Waals surface area contributed by atoms with E-state index in [4.69, 9.17) is 0 Å². The van der Waals surface area contributed by atoms with Crippen LogP contribution in [0, 0.1) is 6.92 Å². The van der Waals surface area contributed by atoms with Crippen molar-refractivity contribution in [3.8, 4) is 0 Å². The third kappa shape index (κ3) is 3.69. The molecule has 1 rings (SSSR count). The molecule has 2 heteroatoms. The van der Waals surface area contributed by atoms with Crippen molar-refractivity contribution in [2.45, 2.75) is 66.8 Å². The molecule has 0 amide bonds. The van der Waals surface area contributed by atoms with Crippen LogP contribution in [-0.2, 0) is 5.54 Å². The van der Waals surface area contributed by atoms with Gasteiger partial charge in [-0.05, 0) is 39.2 Å². The lowest BCUT2D eigenvalue weighted by molar-refractivity contribution is 0.354. The number of rotatable bonds is 1. The number of aryl methyl sites for hydroxylation is 1. The Morgan fingerprint density at radius 2 is 1.67 bits per heavy atom. The molecular formula is C13H26N2. The first-order valence-corrected chi connectivity index (χ1v) is 5.89. The van der Waals surface area contributed by atoms with Crippen molar-refractivity contribution in [2.24, 2.45) is 0 Å². The molecule has 0 saturated carbocycles. The lowest BCUT2D eigenvalue weighted by Crippen LogP contribution is -2.22. The van der Waals surface area contributed by atoms with E-state index in [1.807, 2.05) is 13.8 Å². The summed E-state index contributed by atoms with van der Waals surface area (Å²) in [4.78, 5) is 0. The zero-order chi connectivity index (χ0) is 12.2. The highest BCUT2D eigenvalue weighted by Crippen LogP contribution is 2.21. The van der Waals surface area contributed by atoms with E-state index >= 15 is 0 Å². The Hall–Kier alpha value is -0.790. The van der Waals surface area contributed by atoms with Crippen molar-refractivity contribution < 1.29 is 0 Å². The Morgan fingerprint density at radius 1 is 1.20 bits per heavy atom. The van der Waals surface area contributed by atoms with Gasteiger partial charge < -0.3 is 0 Å². The molecule has 1 aromatic rings. The van der Waals surface area contributed by atoms with Gasteiger partial charge in [0, 0.05) is 6.20 Å². The normalized spacial score (nSPS) is 11.3. The highest BCUT2D eigenvalue weighted by atomic mass is 15.3. The van der Waals surface area contributed by atoms with Gasteiger partial charge in [0.15, 0.2) is 0 Å². The molecule has 1 heterocycles. The second kappa shape index (κ2) is 5.34. The van der Waals surface area contributed by atoms with Crippen LogP contribution in [0.25, 0.3) is 0 Å². The van der Waals surface area contributed by atoms with Gasteiger partial charge in [-0.15, -0.1) is 0 Å². The zero-order valence-electron chi connectivity index (χ0n) is 11.5. The van der Waals surface area contributed by atoms with Gasteiger partial charge in [-0.1, -0.05) is 27.7 Å². The molecule has 15 heavy (non-hydrogen) atoms. The van der Waals surface area contributed by atoms with Crippen LogP contribution in [0.15, 0.2) is 6.20 Å². The van der Waals surface area contributed by atoms with E-state index in [-0.39, 0.29) is 5.54 Å². The summed E-state index contributed by atoms with van der Waals surface area (Å²) in [6.45, 7) is 17.0. The van der Waals surface area contributed by atoms with Crippen LogP contribution >= 0.6 is 0 Å². The van der Waals surface area contributed by atoms with Crippen LogP contribution in [0.2, 0.25) is 0 Å². The number of hydrogen-bond acceptors (Lipinski definition) is 1. The first-order valence-electron chi connectivity index (χ1n) is 5.89. The minimum absolute atomic E-state index is 0.0951. The van der Waals surface area contributed by atoms with Gasteiger partial charge in [0.25, 0.3) is 0 Å². The molecule has 0 saturated heterocycles. The van der Waals surface area contributed by atoms with E-state index in [0.29, 0.717) is 5.92 Å². The second-order valence-electron chi connectivity index (χ2n) is 4.94. The highest BCUT2D eigenvalue weighted by Gasteiger charge is 2.17. The van der Waals surface area contributed by atoms with Crippen LogP contribution < -0.4 is 0 Å². The second-order valence-corrected chi connectivity index (χ2v) is 4.94. The summed E-state index contributed by atoms with van der Waals surface area (Å²) in [6.07, 6.45) is 2.17. The quantitative estimate of drug-likeness (QED) is 0.682. The Kier molecular flexibility index (Phi) is 5.06. The summed E-state index contributed by atoms with van der Waals surface area (Å²) in [5.74, 6) is 0.566. The number of aromatic nitrogens is 2. The lowest BCUT2D eigenvalue weighted by Gasteiger charge is -2.18. The minimum Gasteiger partial charge on any atom is -0.267 e. The smallest absolute Gasteiger partial charge is 0.0628 e. The van der Waals surface area contributed by atoms with Crippen LogP contribution in [0.5, 0.6) is 0 Å². The van der Waals surface area contributed by atoms with Crippen molar-refractivity contribution in [1.29, 1.82) is 0 Å². The molecule has 0 atom stereocenters. The SMILES string of the molecule is CC.Cc1nn(C(C)(C)C)cc1C(C)C. The van der Waals surface area contributed by atoms with E-state index in [2.05, 4.69) is 57.5 Å². The number of hydrogen-bond donors (Lipinski definition) is 0. The van der Waals surface area contributed by atoms with Crippen molar-refractivity contribution in [3.63, 3.8) is 0 Å². The summed E-state index contributed by atoms with van der Waals surface area (Å²) in [5, 5.41) is 4.52. The van der Waals surface area contributed by atoms with Gasteiger partial charge in [0.2, 0.25) is 0 Å². The molecule has 0 radical (unpaired) electrons. The van der Waals surface area contributed by atoms with E-state index in [0.717, 1.165) is 5.69 Å². The molecule has 0 bridgehead atoms. The predicted octanol–water partition coefficient (Wildman–Crippen LogP) is 4.10. The average Bonchev–Trinajstić information content (AvgIpc) is 2.50. The van der Waals surface area contributed by atoms with Crippen LogP contribution in [-0.4, -0.2) is 9.78 Å². The summed E-state index contributed by atoms with van der Waals surface area (Å²) in [6, 6.07) is 0. The average molecular weight is 210 g/mol. The van der Waals surface area contributed by atoms with Gasteiger partial charge in [-0.2, -0.15) is 5.10 Å². The van der Waals surface area contributed by atoms with E-state index in [1.165, 1.54) is 5.56 Å². The van der Waals surface area contributed by atoms with Crippen LogP contribution in [0.3, 0.4) is 0 Å². The topological polar surface area (TPSA) is 17.8 Å². The first kappa shape index (κ1) is 14.2. The highest BCUT2D eigenvalue weighted by molar-refractivity contribution is 5.19. The standard InChI is InChI=1S/C11H20N2.C2H6/c1-8(2)10-7-13(11(4,5)6)12-9(10)3;1-2/h7-8H,1-6H3;1-2H3. The summed E-state index contributed by atoms with van der Waals surface area (Å²) in [7, 11) is 0. The summed E-state index contributed by atoms with van der Waals surface area (Å²) in [5.41, 5.74) is 2.61. The summed E-state index contributed by atoms with van der Waals surface area (Å²) < 4.78 is 2.05. The molecule has 0 aliphatic carbocycles. The van der Waals surface area contributed by atoms with Crippen molar-refractivity contribution >= 4 is 0 Å². The van der Waals surface area contributed by atoms with E-state index in [1.54, 1.807) is 0 Å². The largest absolute Gasteiger partial charge is 0.267 e. The lowest BCUT2D eigenvalue weighted by atomic mass is 10.0. The fourth-order valence-electron chi connectivity index (χ4n) is 1.38. The van der Waals surface area contributed by atoms with Gasteiger partial charge >= 0.3 is 0 Å². The van der Waals surface area contributed by atoms with Crippen molar-refractivity contribution in [3.05, 3.63) is 17.5 Å². The molecule has 0 spiro atoms. The Balaban J connectivity index is 0.000000921. The van der Waals surface area contributed by atoms with Gasteiger partial charge in [-0.25, -0.2) is 0 Å². The Labute approximate surface area is 94.7 Å². The van der Waals surface area contributed by atoms with Gasteiger partial charge in [-0.3, -0.25) is 4.68 Å². The molecule has 0 unspecified atom stereocenters. The maximum atomic E-state index is 4.52. The molecule has 0 aliphatic heterocycles. The fourth-order valence-corrected chi connectivity index (χ4v) is 1.38. The maximum Gasteiger partial charge on any atom is 0.0628 e. The van der Waals surface area contributed by atoms with Crippen molar-refractivity contribution in [1.82, 2.24) is 9.78 Å². The number of nitrogens with zero attached hydrogens (tertiary/aromatic N) is 2. The molecule has 0 aliphatic rings. The molecule has 2 nitrogen and oxygen atoms in total. The molecular weight excluding hydrogens is 184 g/mol. The van der Waals surface area contributed by atoms with Crippen LogP contribution in [0.1, 0.15) is 65.6 Å². The summed E-state index contributed by atoms with van der Waals surface area (Å²) >= 11 is 0. The van der Waals surface area contributed by atoms with Crippen LogP contribution in [0.4, 0.5) is 0 Å². The molecule has 0 fully saturated rings. The molecule has 1 aromatic heterocycles. The van der Waals surface area contributed by atoms with Gasteiger partial charge in [0.1, 0.15) is 0 Å². The maximum absolute atomic E-state index is 4.52. The zero-order valence-corrected chi connectivity index (χ0v) is 11.5. The molecule has 0 aromatic carbocycles. The van der Waals surface area contributed by atoms with Gasteiger partial charge in [0.05, 0.1) is 11.2 Å². The van der Waals surface area contributed by atoms with E-state index in [9.17, 15) is 0 Å². The molecule has 0 N–H and O–H groups in total.